The summed E-state index contributed by atoms with van der Waals surface area (Å²) < 4.78 is 7.18. The molecule has 0 spiro atoms. The summed E-state index contributed by atoms with van der Waals surface area (Å²) in [5, 5.41) is 18.0. The molecule has 0 bridgehead atoms. The van der Waals surface area contributed by atoms with Crippen LogP contribution in [0.25, 0.3) is 17.1 Å². The Kier molecular flexibility index (Phi) is 5.04. The number of rotatable bonds is 6. The molecule has 0 aliphatic rings. The van der Waals surface area contributed by atoms with Crippen molar-refractivity contribution in [3.05, 3.63) is 54.1 Å². The first kappa shape index (κ1) is 17.0. The molecule has 0 atom stereocenters. The standard InChI is InChI=1S/C18H17N3O3S/c1-12-6-3-4-9-15(12)21-17(13-7-5-8-14(10-13)24-2)19-20-18(21)25-11-16(22)23/h3-10H,11H2,1-2H3,(H,22,23). The molecule has 3 rings (SSSR count). The number of aryl methyl sites for hydroxylation is 1. The van der Waals surface area contributed by atoms with Crippen molar-refractivity contribution in [3.63, 3.8) is 0 Å². The smallest absolute Gasteiger partial charge is 0.313 e. The van der Waals surface area contributed by atoms with E-state index in [0.29, 0.717) is 11.0 Å². The van der Waals surface area contributed by atoms with Gasteiger partial charge in [-0.2, -0.15) is 0 Å². The number of hydrogen-bond donors (Lipinski definition) is 1. The molecule has 1 N–H and O–H groups in total. The highest BCUT2D eigenvalue weighted by Crippen LogP contribution is 2.30. The lowest BCUT2D eigenvalue weighted by molar-refractivity contribution is -0.133. The van der Waals surface area contributed by atoms with Gasteiger partial charge in [-0.3, -0.25) is 9.36 Å². The molecule has 1 aromatic heterocycles. The maximum Gasteiger partial charge on any atom is 0.313 e. The molecule has 3 aromatic rings. The number of ether oxygens (including phenoxy) is 1. The number of carboxylic acid groups (broad SMARTS) is 1. The fourth-order valence-corrected chi connectivity index (χ4v) is 3.14. The maximum atomic E-state index is 11.0. The van der Waals surface area contributed by atoms with E-state index in [4.69, 9.17) is 9.84 Å². The Labute approximate surface area is 149 Å². The topological polar surface area (TPSA) is 77.2 Å². The van der Waals surface area contributed by atoms with Crippen molar-refractivity contribution in [2.45, 2.75) is 12.1 Å². The Morgan fingerprint density at radius 3 is 2.72 bits per heavy atom. The summed E-state index contributed by atoms with van der Waals surface area (Å²) in [6.45, 7) is 2.00. The summed E-state index contributed by atoms with van der Waals surface area (Å²) in [5.74, 6) is 0.382. The molecule has 0 aliphatic carbocycles. The predicted octanol–water partition coefficient (Wildman–Crippen LogP) is 3.43. The molecule has 0 aliphatic heterocycles. The number of thioether (sulfide) groups is 1. The molecule has 0 radical (unpaired) electrons. The summed E-state index contributed by atoms with van der Waals surface area (Å²) in [6.07, 6.45) is 0. The van der Waals surface area contributed by atoms with Crippen molar-refractivity contribution < 1.29 is 14.6 Å². The lowest BCUT2D eigenvalue weighted by Gasteiger charge is -2.13. The lowest BCUT2D eigenvalue weighted by atomic mass is 10.1. The molecule has 0 saturated heterocycles. The van der Waals surface area contributed by atoms with Gasteiger partial charge >= 0.3 is 5.97 Å². The maximum absolute atomic E-state index is 11.0. The largest absolute Gasteiger partial charge is 0.497 e. The third-order valence-electron chi connectivity index (χ3n) is 3.64. The summed E-state index contributed by atoms with van der Waals surface area (Å²) in [4.78, 5) is 11.0. The van der Waals surface area contributed by atoms with Crippen molar-refractivity contribution in [1.29, 1.82) is 0 Å². The van der Waals surface area contributed by atoms with E-state index in [0.717, 1.165) is 34.3 Å². The zero-order valence-corrected chi connectivity index (χ0v) is 14.7. The van der Waals surface area contributed by atoms with Gasteiger partial charge in [-0.1, -0.05) is 42.1 Å². The third kappa shape index (κ3) is 3.66. The molecule has 7 heteroatoms. The van der Waals surface area contributed by atoms with Gasteiger partial charge in [0, 0.05) is 5.56 Å². The molecule has 128 valence electrons. The Hall–Kier alpha value is -2.80. The normalized spacial score (nSPS) is 10.6. The second kappa shape index (κ2) is 7.40. The average molecular weight is 355 g/mol. The summed E-state index contributed by atoms with van der Waals surface area (Å²) in [7, 11) is 1.61. The zero-order chi connectivity index (χ0) is 17.8. The minimum Gasteiger partial charge on any atom is -0.497 e. The average Bonchev–Trinajstić information content (AvgIpc) is 3.04. The van der Waals surface area contributed by atoms with Gasteiger partial charge in [0.25, 0.3) is 0 Å². The van der Waals surface area contributed by atoms with E-state index in [1.807, 2.05) is 60.0 Å². The first-order valence-electron chi connectivity index (χ1n) is 7.60. The molecule has 0 fully saturated rings. The van der Waals surface area contributed by atoms with Gasteiger partial charge in [-0.25, -0.2) is 0 Å². The van der Waals surface area contributed by atoms with Crippen molar-refractivity contribution in [2.75, 3.05) is 12.9 Å². The van der Waals surface area contributed by atoms with Crippen LogP contribution in [0.5, 0.6) is 5.75 Å². The van der Waals surface area contributed by atoms with Gasteiger partial charge in [-0.05, 0) is 30.7 Å². The van der Waals surface area contributed by atoms with Crippen LogP contribution >= 0.6 is 11.8 Å². The van der Waals surface area contributed by atoms with Crippen molar-refractivity contribution in [3.8, 4) is 22.8 Å². The molecule has 6 nitrogen and oxygen atoms in total. The highest BCUT2D eigenvalue weighted by atomic mass is 32.2. The Morgan fingerprint density at radius 1 is 1.20 bits per heavy atom. The second-order valence-corrected chi connectivity index (χ2v) is 6.28. The number of hydrogen-bond acceptors (Lipinski definition) is 5. The van der Waals surface area contributed by atoms with E-state index in [2.05, 4.69) is 10.2 Å². The van der Waals surface area contributed by atoms with E-state index in [1.54, 1.807) is 7.11 Å². The Bertz CT molecular complexity index is 908. The number of aromatic nitrogens is 3. The van der Waals surface area contributed by atoms with E-state index >= 15 is 0 Å². The number of carbonyl (C=O) groups is 1. The second-order valence-electron chi connectivity index (χ2n) is 5.34. The van der Waals surface area contributed by atoms with E-state index in [-0.39, 0.29) is 5.75 Å². The molecule has 2 aromatic carbocycles. The highest BCUT2D eigenvalue weighted by molar-refractivity contribution is 7.99. The van der Waals surface area contributed by atoms with Crippen LogP contribution in [0.1, 0.15) is 5.56 Å². The van der Waals surface area contributed by atoms with Gasteiger partial charge in [0.2, 0.25) is 0 Å². The van der Waals surface area contributed by atoms with Crippen LogP contribution in [0.15, 0.2) is 53.7 Å². The van der Waals surface area contributed by atoms with E-state index < -0.39 is 5.97 Å². The minimum atomic E-state index is -0.896. The monoisotopic (exact) mass is 355 g/mol. The van der Waals surface area contributed by atoms with Gasteiger partial charge in [0.1, 0.15) is 5.75 Å². The molecule has 25 heavy (non-hydrogen) atoms. The van der Waals surface area contributed by atoms with Crippen LogP contribution < -0.4 is 4.74 Å². The van der Waals surface area contributed by atoms with Gasteiger partial charge < -0.3 is 9.84 Å². The summed E-state index contributed by atoms with van der Waals surface area (Å²) >= 11 is 1.14. The molecule has 1 heterocycles. The van der Waals surface area contributed by atoms with Crippen LogP contribution in [0, 0.1) is 6.92 Å². The van der Waals surface area contributed by atoms with Gasteiger partial charge in [-0.15, -0.1) is 10.2 Å². The number of aliphatic carboxylic acids is 1. The number of benzene rings is 2. The Morgan fingerprint density at radius 2 is 2.00 bits per heavy atom. The number of nitrogens with zero attached hydrogens (tertiary/aromatic N) is 3. The quantitative estimate of drug-likeness (QED) is 0.683. The zero-order valence-electron chi connectivity index (χ0n) is 13.8. The van der Waals surface area contributed by atoms with Crippen LogP contribution in [-0.2, 0) is 4.79 Å². The fourth-order valence-electron chi connectivity index (χ4n) is 2.47. The molecule has 0 saturated carbocycles. The van der Waals surface area contributed by atoms with E-state index in [1.165, 1.54) is 0 Å². The molecular formula is C18H17N3O3S. The van der Waals surface area contributed by atoms with Gasteiger partial charge in [0.15, 0.2) is 11.0 Å². The molecular weight excluding hydrogens is 338 g/mol. The highest BCUT2D eigenvalue weighted by Gasteiger charge is 2.18. The summed E-state index contributed by atoms with van der Waals surface area (Å²) in [5.41, 5.74) is 2.80. The van der Waals surface area contributed by atoms with Crippen LogP contribution in [0.2, 0.25) is 0 Å². The first-order valence-corrected chi connectivity index (χ1v) is 8.59. The predicted molar refractivity (Wildman–Crippen MR) is 96.4 cm³/mol. The van der Waals surface area contributed by atoms with Crippen LogP contribution in [0.3, 0.4) is 0 Å². The van der Waals surface area contributed by atoms with Crippen molar-refractivity contribution in [2.24, 2.45) is 0 Å². The first-order chi connectivity index (χ1) is 12.1. The third-order valence-corrected chi connectivity index (χ3v) is 4.56. The van der Waals surface area contributed by atoms with Crippen molar-refractivity contribution in [1.82, 2.24) is 14.8 Å². The SMILES string of the molecule is COc1cccc(-c2nnc(SCC(=O)O)n2-c2ccccc2C)c1. The lowest BCUT2D eigenvalue weighted by Crippen LogP contribution is -2.04. The minimum absolute atomic E-state index is 0.0812. The number of methoxy groups -OCH3 is 1. The van der Waals surface area contributed by atoms with Crippen molar-refractivity contribution >= 4 is 17.7 Å². The van der Waals surface area contributed by atoms with Crippen LogP contribution in [0.4, 0.5) is 0 Å². The van der Waals surface area contributed by atoms with Crippen LogP contribution in [-0.4, -0.2) is 38.7 Å². The van der Waals surface area contributed by atoms with E-state index in [9.17, 15) is 4.79 Å². The Balaban J connectivity index is 2.15. The summed E-state index contributed by atoms with van der Waals surface area (Å²) in [6, 6.07) is 15.4. The number of para-hydroxylation sites is 1. The molecule has 0 amide bonds. The van der Waals surface area contributed by atoms with Gasteiger partial charge in [0.05, 0.1) is 18.6 Å². The number of carboxylic acids is 1. The fraction of sp³-hybridized carbons (Fsp3) is 0.167. The molecule has 0 unspecified atom stereocenters.